The van der Waals surface area contributed by atoms with Gasteiger partial charge in [0.2, 0.25) is 0 Å². The van der Waals surface area contributed by atoms with Crippen molar-refractivity contribution in [2.24, 2.45) is 0 Å². The normalized spacial score (nSPS) is 15.5. The highest BCUT2D eigenvalue weighted by Crippen LogP contribution is 2.65. The summed E-state index contributed by atoms with van der Waals surface area (Å²) in [6.45, 7) is 18.7. The SMILES string of the molecule is CC(C)(C)c1ccc2c(c1)C1(c3cc(C(C)(C)C)ccc3-2)c2ccccc2-c2cccc(-c3ccc(N4c5ccccc5C(C)(C)c5ccccc54)cc3)c21. The Morgan fingerprint density at radius 3 is 1.40 bits per heavy atom. The van der Waals surface area contributed by atoms with E-state index < -0.39 is 5.41 Å². The minimum atomic E-state index is -0.454. The molecule has 0 saturated carbocycles. The van der Waals surface area contributed by atoms with E-state index in [9.17, 15) is 0 Å². The molecule has 0 radical (unpaired) electrons. The van der Waals surface area contributed by atoms with Crippen LogP contribution in [-0.2, 0) is 21.7 Å². The van der Waals surface area contributed by atoms with Crippen LogP contribution >= 0.6 is 0 Å². The van der Waals surface area contributed by atoms with Crippen LogP contribution in [0, 0.1) is 0 Å². The number of nitrogens with zero attached hydrogens (tertiary/aromatic N) is 1. The van der Waals surface area contributed by atoms with Gasteiger partial charge in [-0.05, 0) is 113 Å². The number of hydrogen-bond donors (Lipinski definition) is 0. The monoisotopic (exact) mass is 711 g/mol. The van der Waals surface area contributed by atoms with Crippen LogP contribution in [0.1, 0.15) is 99.9 Å². The Morgan fingerprint density at radius 1 is 0.400 bits per heavy atom. The molecule has 2 aliphatic carbocycles. The van der Waals surface area contributed by atoms with Crippen molar-refractivity contribution < 1.29 is 0 Å². The lowest BCUT2D eigenvalue weighted by molar-refractivity contribution is 0.586. The zero-order valence-electron chi connectivity index (χ0n) is 33.4. The molecule has 1 heteroatoms. The summed E-state index contributed by atoms with van der Waals surface area (Å²) in [6, 6.07) is 58.1. The maximum Gasteiger partial charge on any atom is 0.0731 e. The highest BCUT2D eigenvalue weighted by molar-refractivity contribution is 5.99. The molecule has 1 nitrogen and oxygen atoms in total. The number of para-hydroxylation sites is 2. The van der Waals surface area contributed by atoms with Crippen molar-refractivity contribution in [2.75, 3.05) is 4.90 Å². The summed E-state index contributed by atoms with van der Waals surface area (Å²) in [5.74, 6) is 0. The van der Waals surface area contributed by atoms with Crippen molar-refractivity contribution in [3.8, 4) is 33.4 Å². The van der Waals surface area contributed by atoms with Crippen molar-refractivity contribution >= 4 is 17.1 Å². The van der Waals surface area contributed by atoms with E-state index in [4.69, 9.17) is 0 Å². The number of anilines is 3. The Hall–Kier alpha value is -5.66. The zero-order valence-corrected chi connectivity index (χ0v) is 33.4. The predicted octanol–water partition coefficient (Wildman–Crippen LogP) is 14.4. The Bertz CT molecular complexity index is 2580. The number of benzene rings is 7. The molecule has 0 fully saturated rings. The lowest BCUT2D eigenvalue weighted by atomic mass is 9.67. The first-order valence-electron chi connectivity index (χ1n) is 19.9. The van der Waals surface area contributed by atoms with Gasteiger partial charge in [0, 0.05) is 11.1 Å². The molecule has 7 aromatic carbocycles. The fourth-order valence-corrected chi connectivity index (χ4v) is 10.2. The van der Waals surface area contributed by atoms with E-state index in [1.807, 2.05) is 0 Å². The van der Waals surface area contributed by atoms with Crippen LogP contribution in [0.5, 0.6) is 0 Å². The van der Waals surface area contributed by atoms with E-state index >= 15 is 0 Å². The molecule has 1 spiro atoms. The molecule has 270 valence electrons. The van der Waals surface area contributed by atoms with Crippen LogP contribution < -0.4 is 4.90 Å². The van der Waals surface area contributed by atoms with Gasteiger partial charge in [-0.3, -0.25) is 0 Å². The number of hydrogen-bond acceptors (Lipinski definition) is 1. The van der Waals surface area contributed by atoms with Gasteiger partial charge < -0.3 is 4.90 Å². The standard InChI is InChI=1S/C54H49N/c1-51(2,3)35-26-30-40-41-31-27-36(52(4,5)6)33-47(41)54(46(40)32-35)43-19-10-9-16-39(43)42-18-15-17-38(50(42)54)34-24-28-37(29-25-34)55-48-22-13-11-20-44(48)53(7,8)45-21-12-14-23-49(45)55/h9-33H,1-8H3. The van der Waals surface area contributed by atoms with Crippen LogP contribution in [0.2, 0.25) is 0 Å². The second-order valence-corrected chi connectivity index (χ2v) is 18.6. The van der Waals surface area contributed by atoms with Gasteiger partial charge >= 0.3 is 0 Å². The van der Waals surface area contributed by atoms with Gasteiger partial charge in [0.15, 0.2) is 0 Å². The van der Waals surface area contributed by atoms with Gasteiger partial charge in [-0.15, -0.1) is 0 Å². The van der Waals surface area contributed by atoms with Crippen LogP contribution in [0.4, 0.5) is 17.1 Å². The molecule has 1 heterocycles. The average molecular weight is 712 g/mol. The van der Waals surface area contributed by atoms with E-state index in [-0.39, 0.29) is 16.2 Å². The molecule has 0 N–H and O–H groups in total. The second-order valence-electron chi connectivity index (χ2n) is 18.6. The molecule has 0 atom stereocenters. The van der Waals surface area contributed by atoms with Crippen molar-refractivity contribution in [2.45, 2.75) is 77.0 Å². The van der Waals surface area contributed by atoms with E-state index in [1.54, 1.807) is 0 Å². The fraction of sp³-hybridized carbons (Fsp3) is 0.222. The lowest BCUT2D eigenvalue weighted by Gasteiger charge is -2.42. The molecule has 3 aliphatic rings. The van der Waals surface area contributed by atoms with Gasteiger partial charge in [0.1, 0.15) is 0 Å². The predicted molar refractivity (Wildman–Crippen MR) is 232 cm³/mol. The first kappa shape index (κ1) is 33.9. The summed E-state index contributed by atoms with van der Waals surface area (Å²) < 4.78 is 0. The highest BCUT2D eigenvalue weighted by atomic mass is 15.2. The largest absolute Gasteiger partial charge is 0.310 e. The molecule has 0 amide bonds. The summed E-state index contributed by atoms with van der Waals surface area (Å²) in [5, 5.41) is 0. The second kappa shape index (κ2) is 11.4. The Kier molecular flexibility index (Phi) is 7.04. The third kappa shape index (κ3) is 4.65. The summed E-state index contributed by atoms with van der Waals surface area (Å²) in [4.78, 5) is 2.46. The third-order valence-corrected chi connectivity index (χ3v) is 13.0. The maximum absolute atomic E-state index is 2.55. The number of fused-ring (bicyclic) bond motifs is 12. The highest BCUT2D eigenvalue weighted by Gasteiger charge is 2.53. The molecule has 7 aromatic rings. The quantitative estimate of drug-likeness (QED) is 0.173. The molecule has 1 aliphatic heterocycles. The van der Waals surface area contributed by atoms with Crippen molar-refractivity contribution in [1.82, 2.24) is 0 Å². The molecule has 55 heavy (non-hydrogen) atoms. The first-order valence-corrected chi connectivity index (χ1v) is 19.9. The Balaban J connectivity index is 1.22. The minimum Gasteiger partial charge on any atom is -0.310 e. The zero-order chi connectivity index (χ0) is 38.1. The van der Waals surface area contributed by atoms with Gasteiger partial charge in [-0.1, -0.05) is 183 Å². The summed E-state index contributed by atoms with van der Waals surface area (Å²) in [7, 11) is 0. The average Bonchev–Trinajstić information content (AvgIpc) is 3.64. The number of rotatable bonds is 2. The molecule has 0 unspecified atom stereocenters. The van der Waals surface area contributed by atoms with Gasteiger partial charge in [-0.2, -0.15) is 0 Å². The topological polar surface area (TPSA) is 3.24 Å². The molecule has 0 aromatic heterocycles. The lowest BCUT2D eigenvalue weighted by Crippen LogP contribution is -2.30. The molecular weight excluding hydrogens is 663 g/mol. The van der Waals surface area contributed by atoms with Crippen molar-refractivity contribution in [3.05, 3.63) is 196 Å². The Morgan fingerprint density at radius 2 is 0.855 bits per heavy atom. The first-order chi connectivity index (χ1) is 26.3. The van der Waals surface area contributed by atoms with Gasteiger partial charge in [0.05, 0.1) is 16.8 Å². The fourth-order valence-electron chi connectivity index (χ4n) is 10.2. The van der Waals surface area contributed by atoms with E-state index in [0.29, 0.717) is 0 Å². The van der Waals surface area contributed by atoms with E-state index in [1.165, 1.54) is 95.0 Å². The van der Waals surface area contributed by atoms with Crippen molar-refractivity contribution in [1.29, 1.82) is 0 Å². The van der Waals surface area contributed by atoms with Crippen LogP contribution in [0.15, 0.2) is 152 Å². The smallest absolute Gasteiger partial charge is 0.0731 e. The molecule has 10 rings (SSSR count). The van der Waals surface area contributed by atoms with Gasteiger partial charge in [0.25, 0.3) is 0 Å². The Labute approximate surface area is 327 Å². The van der Waals surface area contributed by atoms with Crippen LogP contribution in [0.3, 0.4) is 0 Å². The molecule has 0 saturated heterocycles. The third-order valence-electron chi connectivity index (χ3n) is 13.0. The maximum atomic E-state index is 2.55. The van der Waals surface area contributed by atoms with Crippen LogP contribution in [0.25, 0.3) is 33.4 Å². The summed E-state index contributed by atoms with van der Waals surface area (Å²) in [6.07, 6.45) is 0. The van der Waals surface area contributed by atoms with E-state index in [0.717, 1.165) is 0 Å². The van der Waals surface area contributed by atoms with E-state index in [2.05, 4.69) is 212 Å². The van der Waals surface area contributed by atoms with Crippen molar-refractivity contribution in [3.63, 3.8) is 0 Å². The van der Waals surface area contributed by atoms with Crippen LogP contribution in [-0.4, -0.2) is 0 Å². The summed E-state index contributed by atoms with van der Waals surface area (Å²) >= 11 is 0. The molecule has 0 bridgehead atoms. The molecular formula is C54H49N. The minimum absolute atomic E-state index is 0.0127. The summed E-state index contributed by atoms with van der Waals surface area (Å²) in [5.41, 5.74) is 22.1. The van der Waals surface area contributed by atoms with Gasteiger partial charge in [-0.25, -0.2) is 0 Å².